The van der Waals surface area contributed by atoms with Crippen molar-refractivity contribution < 1.29 is 5.11 Å². The highest BCUT2D eigenvalue weighted by molar-refractivity contribution is 5.34. The van der Waals surface area contributed by atoms with E-state index in [-0.39, 0.29) is 6.61 Å². The number of nitrogens with zero attached hydrogens (tertiary/aromatic N) is 5. The molecule has 0 radical (unpaired) electrons. The Morgan fingerprint density at radius 3 is 2.17 bits per heavy atom. The molecule has 134 valence electrons. The SMILES string of the molecule is CCN1CCN(C[C@@H]2CN(c3nc(C)cc(C)n3)C[C@@H]2CO)CC1. The van der Waals surface area contributed by atoms with Gasteiger partial charge < -0.3 is 19.8 Å². The van der Waals surface area contributed by atoms with Gasteiger partial charge in [-0.2, -0.15) is 0 Å². The largest absolute Gasteiger partial charge is 0.396 e. The van der Waals surface area contributed by atoms with Gasteiger partial charge in [-0.1, -0.05) is 6.92 Å². The molecule has 1 aromatic heterocycles. The minimum absolute atomic E-state index is 0.251. The Morgan fingerprint density at radius 1 is 1.00 bits per heavy atom. The zero-order valence-electron chi connectivity index (χ0n) is 15.3. The number of aryl methyl sites for hydroxylation is 2. The van der Waals surface area contributed by atoms with E-state index >= 15 is 0 Å². The fourth-order valence-electron chi connectivity index (χ4n) is 3.98. The summed E-state index contributed by atoms with van der Waals surface area (Å²) in [5.74, 6) is 1.63. The maximum absolute atomic E-state index is 9.83. The first-order valence-corrected chi connectivity index (χ1v) is 9.21. The molecule has 0 bridgehead atoms. The van der Waals surface area contributed by atoms with Gasteiger partial charge in [0, 0.05) is 69.7 Å². The van der Waals surface area contributed by atoms with Gasteiger partial charge in [-0.3, -0.25) is 0 Å². The van der Waals surface area contributed by atoms with E-state index in [1.807, 2.05) is 19.9 Å². The summed E-state index contributed by atoms with van der Waals surface area (Å²) in [4.78, 5) is 16.5. The van der Waals surface area contributed by atoms with Gasteiger partial charge in [-0.15, -0.1) is 0 Å². The molecule has 2 aliphatic rings. The number of piperazine rings is 1. The third kappa shape index (κ3) is 4.05. The van der Waals surface area contributed by atoms with Crippen molar-refractivity contribution in [2.24, 2.45) is 11.8 Å². The summed E-state index contributed by atoms with van der Waals surface area (Å²) in [5, 5.41) is 9.83. The first-order valence-electron chi connectivity index (χ1n) is 9.21. The Bertz CT molecular complexity index is 524. The zero-order chi connectivity index (χ0) is 17.1. The average Bonchev–Trinajstić information content (AvgIpc) is 2.97. The van der Waals surface area contributed by atoms with E-state index in [2.05, 4.69) is 31.6 Å². The Morgan fingerprint density at radius 2 is 1.58 bits per heavy atom. The molecule has 2 atom stereocenters. The van der Waals surface area contributed by atoms with Crippen molar-refractivity contribution >= 4 is 5.95 Å². The number of likely N-dealkylation sites (N-methyl/N-ethyl adjacent to an activating group) is 1. The molecule has 0 saturated carbocycles. The average molecular weight is 333 g/mol. The van der Waals surface area contributed by atoms with Crippen LogP contribution in [0.1, 0.15) is 18.3 Å². The molecule has 2 aliphatic heterocycles. The summed E-state index contributed by atoms with van der Waals surface area (Å²) in [5.41, 5.74) is 2.02. The third-order valence-electron chi connectivity index (χ3n) is 5.47. The number of aliphatic hydroxyl groups excluding tert-OH is 1. The minimum Gasteiger partial charge on any atom is -0.396 e. The summed E-state index contributed by atoms with van der Waals surface area (Å²) in [6.45, 7) is 15.2. The first-order chi connectivity index (χ1) is 11.6. The second-order valence-electron chi connectivity index (χ2n) is 7.29. The van der Waals surface area contributed by atoms with E-state index < -0.39 is 0 Å². The molecular formula is C18H31N5O. The van der Waals surface area contributed by atoms with Crippen LogP contribution in [-0.2, 0) is 0 Å². The highest BCUT2D eigenvalue weighted by Crippen LogP contribution is 2.27. The molecule has 2 saturated heterocycles. The van der Waals surface area contributed by atoms with Crippen LogP contribution in [0.2, 0.25) is 0 Å². The van der Waals surface area contributed by atoms with Gasteiger partial charge in [0.25, 0.3) is 0 Å². The lowest BCUT2D eigenvalue weighted by atomic mass is 9.96. The number of aromatic nitrogens is 2. The molecular weight excluding hydrogens is 302 g/mol. The van der Waals surface area contributed by atoms with E-state index in [0.29, 0.717) is 11.8 Å². The highest BCUT2D eigenvalue weighted by Gasteiger charge is 2.35. The molecule has 2 fully saturated rings. The molecule has 0 spiro atoms. The third-order valence-corrected chi connectivity index (χ3v) is 5.47. The van der Waals surface area contributed by atoms with E-state index in [1.165, 1.54) is 0 Å². The summed E-state index contributed by atoms with van der Waals surface area (Å²) in [6, 6.07) is 2.01. The van der Waals surface area contributed by atoms with Gasteiger partial charge >= 0.3 is 0 Å². The fraction of sp³-hybridized carbons (Fsp3) is 0.778. The van der Waals surface area contributed by atoms with Crippen molar-refractivity contribution in [3.8, 4) is 0 Å². The molecule has 3 heterocycles. The smallest absolute Gasteiger partial charge is 0.225 e. The van der Waals surface area contributed by atoms with Crippen LogP contribution in [0.25, 0.3) is 0 Å². The van der Waals surface area contributed by atoms with Crippen LogP contribution in [0.5, 0.6) is 0 Å². The summed E-state index contributed by atoms with van der Waals surface area (Å²) in [7, 11) is 0. The van der Waals surface area contributed by atoms with E-state index in [1.54, 1.807) is 0 Å². The van der Waals surface area contributed by atoms with Crippen LogP contribution in [0, 0.1) is 25.7 Å². The second-order valence-corrected chi connectivity index (χ2v) is 7.29. The Kier molecular flexibility index (Phi) is 5.69. The van der Waals surface area contributed by atoms with Crippen molar-refractivity contribution in [1.82, 2.24) is 19.8 Å². The van der Waals surface area contributed by atoms with Crippen LogP contribution >= 0.6 is 0 Å². The molecule has 24 heavy (non-hydrogen) atoms. The van der Waals surface area contributed by atoms with Gasteiger partial charge in [0.05, 0.1) is 0 Å². The van der Waals surface area contributed by atoms with Crippen molar-refractivity contribution in [1.29, 1.82) is 0 Å². The zero-order valence-corrected chi connectivity index (χ0v) is 15.3. The number of aliphatic hydroxyl groups is 1. The van der Waals surface area contributed by atoms with Crippen LogP contribution in [0.3, 0.4) is 0 Å². The number of hydrogen-bond donors (Lipinski definition) is 1. The predicted molar refractivity (Wildman–Crippen MR) is 96.3 cm³/mol. The van der Waals surface area contributed by atoms with Gasteiger partial charge in [-0.05, 0) is 32.4 Å². The maximum atomic E-state index is 9.83. The topological polar surface area (TPSA) is 55.7 Å². The molecule has 1 N–H and O–H groups in total. The standard InChI is InChI=1S/C18H31N5O/c1-4-21-5-7-22(8-6-21)10-16-11-23(12-17(16)13-24)18-19-14(2)9-15(3)20-18/h9,16-17,24H,4-8,10-13H2,1-3H3/t16-,17-/m1/s1. The van der Waals surface area contributed by atoms with Crippen LogP contribution in [0.4, 0.5) is 5.95 Å². The normalized spacial score (nSPS) is 26.2. The number of anilines is 1. The molecule has 0 aromatic carbocycles. The minimum atomic E-state index is 0.251. The highest BCUT2D eigenvalue weighted by atomic mass is 16.3. The monoisotopic (exact) mass is 333 g/mol. The van der Waals surface area contributed by atoms with Crippen molar-refractivity contribution in [2.75, 3.05) is 63.9 Å². The van der Waals surface area contributed by atoms with Gasteiger partial charge in [0.15, 0.2) is 0 Å². The van der Waals surface area contributed by atoms with Crippen LogP contribution in [-0.4, -0.2) is 83.8 Å². The molecule has 3 rings (SSSR count). The summed E-state index contributed by atoms with van der Waals surface area (Å²) >= 11 is 0. The lowest BCUT2D eigenvalue weighted by molar-refractivity contribution is 0.106. The molecule has 0 unspecified atom stereocenters. The lowest BCUT2D eigenvalue weighted by Crippen LogP contribution is -2.48. The van der Waals surface area contributed by atoms with Crippen LogP contribution in [0.15, 0.2) is 6.07 Å². The van der Waals surface area contributed by atoms with Crippen molar-refractivity contribution in [2.45, 2.75) is 20.8 Å². The second kappa shape index (κ2) is 7.76. The van der Waals surface area contributed by atoms with Crippen molar-refractivity contribution in [3.05, 3.63) is 17.5 Å². The summed E-state index contributed by atoms with van der Waals surface area (Å²) < 4.78 is 0. The molecule has 0 aliphatic carbocycles. The van der Waals surface area contributed by atoms with Crippen LogP contribution < -0.4 is 4.90 Å². The van der Waals surface area contributed by atoms with E-state index in [0.717, 1.165) is 69.7 Å². The Labute approximate surface area is 145 Å². The number of hydrogen-bond acceptors (Lipinski definition) is 6. The van der Waals surface area contributed by atoms with Crippen molar-refractivity contribution in [3.63, 3.8) is 0 Å². The molecule has 1 aromatic rings. The fourth-order valence-corrected chi connectivity index (χ4v) is 3.98. The van der Waals surface area contributed by atoms with E-state index in [9.17, 15) is 5.11 Å². The quantitative estimate of drug-likeness (QED) is 0.859. The predicted octanol–water partition coefficient (Wildman–Crippen LogP) is 0.776. The molecule has 6 nitrogen and oxygen atoms in total. The molecule has 6 heteroatoms. The maximum Gasteiger partial charge on any atom is 0.225 e. The lowest BCUT2D eigenvalue weighted by Gasteiger charge is -2.36. The van der Waals surface area contributed by atoms with Gasteiger partial charge in [-0.25, -0.2) is 9.97 Å². The molecule has 0 amide bonds. The first kappa shape index (κ1) is 17.6. The number of rotatable bonds is 5. The van der Waals surface area contributed by atoms with Gasteiger partial charge in [0.2, 0.25) is 5.95 Å². The van der Waals surface area contributed by atoms with Gasteiger partial charge in [0.1, 0.15) is 0 Å². The summed E-state index contributed by atoms with van der Waals surface area (Å²) in [6.07, 6.45) is 0. The van der Waals surface area contributed by atoms with E-state index in [4.69, 9.17) is 0 Å². The Hall–Kier alpha value is -1.24. The Balaban J connectivity index is 1.62.